The average molecular weight is 251 g/mol. The van der Waals surface area contributed by atoms with Crippen molar-refractivity contribution >= 4 is 5.91 Å². The zero-order valence-electron chi connectivity index (χ0n) is 11.2. The fourth-order valence-corrected chi connectivity index (χ4v) is 3.14. The van der Waals surface area contributed by atoms with Crippen LogP contribution in [0.5, 0.6) is 0 Å². The molecule has 4 heteroatoms. The van der Waals surface area contributed by atoms with Crippen LogP contribution in [0.2, 0.25) is 0 Å². The van der Waals surface area contributed by atoms with Crippen molar-refractivity contribution in [2.75, 3.05) is 45.8 Å². The number of piperidine rings is 1. The molecule has 0 aromatic rings. The van der Waals surface area contributed by atoms with E-state index in [1.807, 2.05) is 0 Å². The van der Waals surface area contributed by atoms with Gasteiger partial charge in [0.1, 0.15) is 0 Å². The highest BCUT2D eigenvalue weighted by Crippen LogP contribution is 2.30. The third kappa shape index (κ3) is 3.04. The second-order valence-corrected chi connectivity index (χ2v) is 6.11. The van der Waals surface area contributed by atoms with Gasteiger partial charge in [0.15, 0.2) is 0 Å². The molecule has 1 atom stereocenters. The number of nitrogens with zero attached hydrogens (tertiary/aromatic N) is 2. The first-order valence-electron chi connectivity index (χ1n) is 7.55. The quantitative estimate of drug-likeness (QED) is 0.795. The molecule has 0 aromatic carbocycles. The molecule has 0 unspecified atom stereocenters. The highest BCUT2D eigenvalue weighted by Gasteiger charge is 2.30. The molecule has 3 rings (SSSR count). The van der Waals surface area contributed by atoms with Crippen LogP contribution in [0.1, 0.15) is 25.7 Å². The Bertz CT molecular complexity index is 289. The summed E-state index contributed by atoms with van der Waals surface area (Å²) in [5, 5.41) is 3.34. The summed E-state index contributed by atoms with van der Waals surface area (Å²) in [5.41, 5.74) is 0. The van der Waals surface area contributed by atoms with E-state index in [9.17, 15) is 4.79 Å². The lowest BCUT2D eigenvalue weighted by Gasteiger charge is -2.37. The van der Waals surface area contributed by atoms with Gasteiger partial charge in [-0.05, 0) is 38.1 Å². The first kappa shape index (κ1) is 12.4. The van der Waals surface area contributed by atoms with E-state index in [1.165, 1.54) is 19.4 Å². The van der Waals surface area contributed by atoms with Gasteiger partial charge in [0, 0.05) is 39.3 Å². The van der Waals surface area contributed by atoms with Crippen LogP contribution in [-0.4, -0.2) is 61.5 Å². The Labute approximate surface area is 110 Å². The first-order valence-corrected chi connectivity index (χ1v) is 7.55. The lowest BCUT2D eigenvalue weighted by atomic mass is 9.98. The summed E-state index contributed by atoms with van der Waals surface area (Å²) in [6.45, 7) is 7.31. The molecule has 1 N–H and O–H groups in total. The van der Waals surface area contributed by atoms with Crippen molar-refractivity contribution in [3.8, 4) is 0 Å². The van der Waals surface area contributed by atoms with E-state index in [2.05, 4.69) is 15.1 Å². The summed E-state index contributed by atoms with van der Waals surface area (Å²) < 4.78 is 0. The monoisotopic (exact) mass is 251 g/mol. The molecule has 0 spiro atoms. The van der Waals surface area contributed by atoms with Gasteiger partial charge < -0.3 is 10.2 Å². The van der Waals surface area contributed by atoms with Gasteiger partial charge in [-0.1, -0.05) is 0 Å². The lowest BCUT2D eigenvalue weighted by molar-refractivity contribution is -0.137. The Balaban J connectivity index is 1.44. The third-order valence-electron chi connectivity index (χ3n) is 4.54. The number of hydrogen-bond acceptors (Lipinski definition) is 3. The van der Waals surface area contributed by atoms with Gasteiger partial charge in [0.2, 0.25) is 5.91 Å². The number of carbonyl (C=O) groups is 1. The van der Waals surface area contributed by atoms with Crippen LogP contribution in [0.4, 0.5) is 0 Å². The number of amides is 1. The second-order valence-electron chi connectivity index (χ2n) is 6.11. The highest BCUT2D eigenvalue weighted by atomic mass is 16.2. The summed E-state index contributed by atoms with van der Waals surface area (Å²) >= 11 is 0. The lowest BCUT2D eigenvalue weighted by Crippen LogP contribution is -2.52. The van der Waals surface area contributed by atoms with E-state index in [4.69, 9.17) is 0 Å². The highest BCUT2D eigenvalue weighted by molar-refractivity contribution is 5.79. The Morgan fingerprint density at radius 1 is 1.11 bits per heavy atom. The van der Waals surface area contributed by atoms with Crippen molar-refractivity contribution in [1.29, 1.82) is 0 Å². The van der Waals surface area contributed by atoms with Gasteiger partial charge in [-0.2, -0.15) is 0 Å². The van der Waals surface area contributed by atoms with Gasteiger partial charge >= 0.3 is 0 Å². The number of rotatable bonds is 3. The molecular formula is C14H25N3O. The van der Waals surface area contributed by atoms with Gasteiger partial charge in [-0.15, -0.1) is 0 Å². The van der Waals surface area contributed by atoms with Crippen LogP contribution in [0.15, 0.2) is 0 Å². The normalized spacial score (nSPS) is 30.4. The van der Waals surface area contributed by atoms with Crippen molar-refractivity contribution in [2.45, 2.75) is 25.7 Å². The minimum absolute atomic E-state index is 0.244. The maximum Gasteiger partial charge on any atom is 0.227 e. The molecule has 2 heterocycles. The third-order valence-corrected chi connectivity index (χ3v) is 4.54. The molecule has 1 aliphatic carbocycles. The Hall–Kier alpha value is -0.610. The molecule has 2 saturated heterocycles. The molecule has 1 saturated carbocycles. The van der Waals surface area contributed by atoms with Crippen molar-refractivity contribution in [1.82, 2.24) is 15.1 Å². The first-order chi connectivity index (χ1) is 8.83. The fourth-order valence-electron chi connectivity index (χ4n) is 3.14. The maximum atomic E-state index is 12.4. The van der Waals surface area contributed by atoms with Gasteiger partial charge in [-0.25, -0.2) is 0 Å². The molecule has 3 fully saturated rings. The Morgan fingerprint density at radius 2 is 1.89 bits per heavy atom. The van der Waals surface area contributed by atoms with Crippen LogP contribution in [0.3, 0.4) is 0 Å². The number of carbonyl (C=O) groups excluding carboxylic acids is 1. The topological polar surface area (TPSA) is 35.6 Å². The van der Waals surface area contributed by atoms with Crippen LogP contribution < -0.4 is 5.32 Å². The van der Waals surface area contributed by atoms with Gasteiger partial charge in [-0.3, -0.25) is 9.69 Å². The Morgan fingerprint density at radius 3 is 2.50 bits per heavy atom. The molecule has 18 heavy (non-hydrogen) atoms. The maximum absolute atomic E-state index is 12.4. The minimum Gasteiger partial charge on any atom is -0.340 e. The number of nitrogens with one attached hydrogen (secondary N) is 1. The van der Waals surface area contributed by atoms with Crippen LogP contribution in [0, 0.1) is 11.8 Å². The predicted octanol–water partition coefficient (Wildman–Crippen LogP) is 0.540. The molecular weight excluding hydrogens is 226 g/mol. The molecule has 0 bridgehead atoms. The molecule has 102 valence electrons. The predicted molar refractivity (Wildman–Crippen MR) is 71.3 cm³/mol. The van der Waals surface area contributed by atoms with E-state index >= 15 is 0 Å². The molecule has 4 nitrogen and oxygen atoms in total. The zero-order valence-corrected chi connectivity index (χ0v) is 11.2. The fraction of sp³-hybridized carbons (Fsp3) is 0.929. The van der Waals surface area contributed by atoms with Crippen LogP contribution in [0.25, 0.3) is 0 Å². The summed E-state index contributed by atoms with van der Waals surface area (Å²) in [6, 6.07) is 0. The smallest absolute Gasteiger partial charge is 0.227 e. The van der Waals surface area contributed by atoms with E-state index in [0.29, 0.717) is 5.91 Å². The molecule has 2 aliphatic heterocycles. The largest absolute Gasteiger partial charge is 0.340 e. The van der Waals surface area contributed by atoms with E-state index in [0.717, 1.165) is 58.0 Å². The molecule has 3 aliphatic rings. The van der Waals surface area contributed by atoms with Crippen molar-refractivity contribution in [2.24, 2.45) is 11.8 Å². The molecule has 1 amide bonds. The van der Waals surface area contributed by atoms with Crippen molar-refractivity contribution in [3.05, 3.63) is 0 Å². The van der Waals surface area contributed by atoms with E-state index < -0.39 is 0 Å². The van der Waals surface area contributed by atoms with Crippen molar-refractivity contribution in [3.63, 3.8) is 0 Å². The summed E-state index contributed by atoms with van der Waals surface area (Å²) in [6.07, 6.45) is 5.08. The number of piperazine rings is 1. The Kier molecular flexibility index (Phi) is 3.85. The van der Waals surface area contributed by atoms with Crippen molar-refractivity contribution < 1.29 is 4.79 Å². The van der Waals surface area contributed by atoms with Crippen LogP contribution in [-0.2, 0) is 4.79 Å². The average Bonchev–Trinajstić information content (AvgIpc) is 3.24. The molecule has 0 radical (unpaired) electrons. The standard InChI is InChI=1S/C14H25N3O/c18-14(13-2-1-5-15-10-13)17-8-6-16(7-9-17)11-12-3-4-12/h12-13,15H,1-11H2/t13-/m1/s1. The SMILES string of the molecule is O=C([C@@H]1CCCNC1)N1CCN(CC2CC2)CC1. The van der Waals surface area contributed by atoms with Gasteiger partial charge in [0.05, 0.1) is 5.92 Å². The van der Waals surface area contributed by atoms with E-state index in [1.54, 1.807) is 0 Å². The summed E-state index contributed by atoms with van der Waals surface area (Å²) in [4.78, 5) is 17.0. The van der Waals surface area contributed by atoms with Crippen LogP contribution >= 0.6 is 0 Å². The molecule has 0 aromatic heterocycles. The van der Waals surface area contributed by atoms with Gasteiger partial charge in [0.25, 0.3) is 0 Å². The number of hydrogen-bond donors (Lipinski definition) is 1. The second kappa shape index (κ2) is 5.57. The minimum atomic E-state index is 0.244. The summed E-state index contributed by atoms with van der Waals surface area (Å²) in [7, 11) is 0. The zero-order chi connectivity index (χ0) is 12.4. The summed E-state index contributed by atoms with van der Waals surface area (Å²) in [5.74, 6) is 1.61. The van der Waals surface area contributed by atoms with E-state index in [-0.39, 0.29) is 5.92 Å².